The van der Waals surface area contributed by atoms with Crippen molar-refractivity contribution in [3.8, 4) is 0 Å². The topological polar surface area (TPSA) is 9.23 Å². The maximum absolute atomic E-state index is 6.08. The molecule has 1 nitrogen and oxygen atoms in total. The molecular formula is C13H20OSSi. The Labute approximate surface area is 104 Å². The van der Waals surface area contributed by atoms with Crippen LogP contribution in [0.1, 0.15) is 13.8 Å². The molecular weight excluding hydrogens is 232 g/mol. The molecule has 1 rings (SSSR count). The normalized spacial score (nSPS) is 11.1. The van der Waals surface area contributed by atoms with Crippen LogP contribution in [0.3, 0.4) is 0 Å². The van der Waals surface area contributed by atoms with E-state index in [0.717, 1.165) is 5.09 Å². The first-order chi connectivity index (χ1) is 7.38. The van der Waals surface area contributed by atoms with E-state index in [9.17, 15) is 0 Å². The van der Waals surface area contributed by atoms with Crippen molar-refractivity contribution in [1.29, 1.82) is 0 Å². The van der Waals surface area contributed by atoms with Crippen LogP contribution in [0.2, 0.25) is 19.6 Å². The molecule has 0 heterocycles. The fourth-order valence-corrected chi connectivity index (χ4v) is 3.49. The zero-order valence-corrected chi connectivity index (χ0v) is 12.5. The van der Waals surface area contributed by atoms with Crippen LogP contribution >= 0.6 is 11.8 Å². The molecule has 0 aromatic heterocycles. The van der Waals surface area contributed by atoms with E-state index >= 15 is 0 Å². The summed E-state index contributed by atoms with van der Waals surface area (Å²) in [6, 6.07) is 10.4. The summed E-state index contributed by atoms with van der Waals surface area (Å²) < 4.78 is 6.08. The van der Waals surface area contributed by atoms with Gasteiger partial charge in [0.1, 0.15) is 5.09 Å². The van der Waals surface area contributed by atoms with Gasteiger partial charge in [-0.2, -0.15) is 0 Å². The predicted molar refractivity (Wildman–Crippen MR) is 75.1 cm³/mol. The first-order valence-corrected chi connectivity index (χ1v) is 9.70. The molecule has 0 amide bonds. The third kappa shape index (κ3) is 4.90. The van der Waals surface area contributed by atoms with Gasteiger partial charge in [0.15, 0.2) is 0 Å². The monoisotopic (exact) mass is 252 g/mol. The van der Waals surface area contributed by atoms with Gasteiger partial charge in [-0.3, -0.25) is 0 Å². The van der Waals surface area contributed by atoms with Gasteiger partial charge >= 0.3 is 0 Å². The van der Waals surface area contributed by atoms with E-state index in [1.54, 1.807) is 11.8 Å². The molecule has 0 bridgehead atoms. The molecule has 0 aliphatic heterocycles. The van der Waals surface area contributed by atoms with Crippen molar-refractivity contribution in [2.45, 2.75) is 38.4 Å². The second-order valence-electron chi connectivity index (χ2n) is 4.92. The van der Waals surface area contributed by atoms with Crippen molar-refractivity contribution >= 4 is 20.1 Å². The molecule has 0 N–H and O–H groups in total. The van der Waals surface area contributed by atoms with Gasteiger partial charge in [0.25, 0.3) is 0 Å². The Hall–Kier alpha value is -0.673. The van der Waals surface area contributed by atoms with Crippen LogP contribution in [0, 0.1) is 0 Å². The lowest BCUT2D eigenvalue weighted by Gasteiger charge is -2.22. The lowest BCUT2D eigenvalue weighted by Crippen LogP contribution is -2.24. The molecule has 88 valence electrons. The van der Waals surface area contributed by atoms with Gasteiger partial charge in [-0.05, 0) is 51.2 Å². The van der Waals surface area contributed by atoms with E-state index in [-0.39, 0.29) is 0 Å². The van der Waals surface area contributed by atoms with Gasteiger partial charge in [-0.15, -0.1) is 0 Å². The number of allylic oxidation sites excluding steroid dienone is 1. The van der Waals surface area contributed by atoms with Crippen LogP contribution < -0.4 is 0 Å². The highest BCUT2D eigenvalue weighted by atomic mass is 32.2. The van der Waals surface area contributed by atoms with E-state index in [1.165, 1.54) is 10.5 Å². The van der Waals surface area contributed by atoms with Crippen LogP contribution in [-0.4, -0.2) is 8.32 Å². The Bertz CT molecular complexity index is 361. The molecule has 0 aliphatic carbocycles. The smallest absolute Gasteiger partial charge is 0.242 e. The molecule has 1 aromatic carbocycles. The van der Waals surface area contributed by atoms with Crippen molar-refractivity contribution in [2.24, 2.45) is 0 Å². The molecule has 1 aromatic rings. The predicted octanol–water partition coefficient (Wildman–Crippen LogP) is 4.88. The summed E-state index contributed by atoms with van der Waals surface area (Å²) in [6.07, 6.45) is 0. The highest BCUT2D eigenvalue weighted by molar-refractivity contribution is 8.03. The second kappa shape index (κ2) is 5.59. The first kappa shape index (κ1) is 13.4. The van der Waals surface area contributed by atoms with E-state index in [0.29, 0.717) is 0 Å². The van der Waals surface area contributed by atoms with Gasteiger partial charge in [0.2, 0.25) is 8.32 Å². The molecule has 3 heteroatoms. The van der Waals surface area contributed by atoms with Crippen LogP contribution in [0.25, 0.3) is 0 Å². The Morgan fingerprint density at radius 3 is 2.06 bits per heavy atom. The number of rotatable bonds is 4. The lowest BCUT2D eigenvalue weighted by molar-refractivity contribution is 0.457. The molecule has 0 atom stereocenters. The van der Waals surface area contributed by atoms with Gasteiger partial charge < -0.3 is 4.43 Å². The fraction of sp³-hybridized carbons (Fsp3) is 0.385. The van der Waals surface area contributed by atoms with Crippen molar-refractivity contribution in [3.05, 3.63) is 41.0 Å². The molecule has 0 fully saturated rings. The summed E-state index contributed by atoms with van der Waals surface area (Å²) >= 11 is 1.72. The van der Waals surface area contributed by atoms with Gasteiger partial charge in [0, 0.05) is 4.90 Å². The molecule has 0 spiro atoms. The number of hydrogen-bond donors (Lipinski definition) is 0. The number of benzene rings is 1. The third-order valence-electron chi connectivity index (χ3n) is 1.76. The first-order valence-electron chi connectivity index (χ1n) is 5.48. The Morgan fingerprint density at radius 2 is 1.62 bits per heavy atom. The van der Waals surface area contributed by atoms with E-state index < -0.39 is 8.32 Å². The van der Waals surface area contributed by atoms with E-state index in [1.807, 2.05) is 6.07 Å². The molecule has 0 saturated carbocycles. The molecule has 0 aliphatic rings. The van der Waals surface area contributed by atoms with Crippen LogP contribution in [0.15, 0.2) is 45.9 Å². The standard InChI is InChI=1S/C13H20OSSi/c1-11(2)13(14-16(3,4)5)15-12-9-7-6-8-10-12/h6-10H,1-5H3. The average molecular weight is 252 g/mol. The summed E-state index contributed by atoms with van der Waals surface area (Å²) in [4.78, 5) is 1.23. The number of thioether (sulfide) groups is 1. The Morgan fingerprint density at radius 1 is 1.06 bits per heavy atom. The summed E-state index contributed by atoms with van der Waals surface area (Å²) in [7, 11) is -1.52. The largest absolute Gasteiger partial charge is 0.540 e. The van der Waals surface area contributed by atoms with Gasteiger partial charge in [-0.25, -0.2) is 0 Å². The highest BCUT2D eigenvalue weighted by Gasteiger charge is 2.19. The van der Waals surface area contributed by atoms with Crippen LogP contribution in [-0.2, 0) is 4.43 Å². The molecule has 0 unspecified atom stereocenters. The number of hydrogen-bond acceptors (Lipinski definition) is 2. The van der Waals surface area contributed by atoms with Crippen molar-refractivity contribution in [1.82, 2.24) is 0 Å². The van der Waals surface area contributed by atoms with Gasteiger partial charge in [-0.1, -0.05) is 30.0 Å². The van der Waals surface area contributed by atoms with Crippen molar-refractivity contribution in [2.75, 3.05) is 0 Å². The summed E-state index contributed by atoms with van der Waals surface area (Å²) in [5.41, 5.74) is 1.25. The minimum absolute atomic E-state index is 1.06. The molecule has 0 radical (unpaired) electrons. The molecule has 16 heavy (non-hydrogen) atoms. The summed E-state index contributed by atoms with van der Waals surface area (Å²) in [6.45, 7) is 10.8. The maximum atomic E-state index is 6.08. The average Bonchev–Trinajstić information content (AvgIpc) is 2.16. The minimum atomic E-state index is -1.52. The van der Waals surface area contributed by atoms with Gasteiger partial charge in [0.05, 0.1) is 0 Å². The SMILES string of the molecule is CC(C)=C(O[Si](C)(C)C)Sc1ccccc1. The lowest BCUT2D eigenvalue weighted by atomic mass is 10.4. The fourth-order valence-electron chi connectivity index (χ4n) is 1.10. The Balaban J connectivity index is 2.79. The third-order valence-corrected chi connectivity index (χ3v) is 3.91. The summed E-state index contributed by atoms with van der Waals surface area (Å²) in [5.74, 6) is 0. The highest BCUT2D eigenvalue weighted by Crippen LogP contribution is 2.31. The van der Waals surface area contributed by atoms with E-state index in [4.69, 9.17) is 4.43 Å². The van der Waals surface area contributed by atoms with Crippen LogP contribution in [0.5, 0.6) is 0 Å². The molecule has 0 saturated heterocycles. The van der Waals surface area contributed by atoms with E-state index in [2.05, 4.69) is 57.8 Å². The zero-order chi connectivity index (χ0) is 12.2. The second-order valence-corrected chi connectivity index (χ2v) is 10.4. The quantitative estimate of drug-likeness (QED) is 0.429. The van der Waals surface area contributed by atoms with Crippen molar-refractivity contribution in [3.63, 3.8) is 0 Å². The minimum Gasteiger partial charge on any atom is -0.540 e. The Kier molecular flexibility index (Phi) is 4.68. The summed E-state index contributed by atoms with van der Waals surface area (Å²) in [5, 5.41) is 1.06. The van der Waals surface area contributed by atoms with Crippen LogP contribution in [0.4, 0.5) is 0 Å². The zero-order valence-electron chi connectivity index (χ0n) is 10.7. The maximum Gasteiger partial charge on any atom is 0.242 e. The van der Waals surface area contributed by atoms with Crippen molar-refractivity contribution < 1.29 is 4.43 Å².